The van der Waals surface area contributed by atoms with Gasteiger partial charge in [-0.2, -0.15) is 17.6 Å². The molecule has 0 unspecified atom stereocenters. The molecule has 1 aromatic heterocycles. The highest BCUT2D eigenvalue weighted by Gasteiger charge is 2.21. The van der Waals surface area contributed by atoms with Gasteiger partial charge in [-0.25, -0.2) is 0 Å². The summed E-state index contributed by atoms with van der Waals surface area (Å²) in [6, 6.07) is 3.23. The van der Waals surface area contributed by atoms with Crippen molar-refractivity contribution in [1.29, 1.82) is 0 Å². The summed E-state index contributed by atoms with van der Waals surface area (Å²) in [6.07, 6.45) is 2.99. The molecule has 1 heterocycles. The highest BCUT2D eigenvalue weighted by molar-refractivity contribution is 7.89. The minimum absolute atomic E-state index is 0.229. The maximum Gasteiger partial charge on any atom is 0.283 e. The van der Waals surface area contributed by atoms with Crippen molar-refractivity contribution >= 4 is 21.6 Å². The highest BCUT2D eigenvalue weighted by atomic mass is 35.5. The first-order valence-corrected chi connectivity index (χ1v) is 7.18. The predicted octanol–water partition coefficient (Wildman–Crippen LogP) is 2.70. The predicted molar refractivity (Wildman–Crippen MR) is 70.5 cm³/mol. The summed E-state index contributed by atoms with van der Waals surface area (Å²) < 4.78 is 25.8. The second kappa shape index (κ2) is 4.40. The Morgan fingerprint density at radius 2 is 1.83 bits per heavy atom. The van der Waals surface area contributed by atoms with Crippen molar-refractivity contribution in [1.82, 2.24) is 9.19 Å². The van der Waals surface area contributed by atoms with Crippen molar-refractivity contribution in [2.24, 2.45) is 0 Å². The van der Waals surface area contributed by atoms with Gasteiger partial charge in [0.2, 0.25) is 0 Å². The van der Waals surface area contributed by atoms with Crippen LogP contribution in [0.15, 0.2) is 29.4 Å². The van der Waals surface area contributed by atoms with Gasteiger partial charge in [0.25, 0.3) is 10.0 Å². The fourth-order valence-corrected chi connectivity index (χ4v) is 3.34. The van der Waals surface area contributed by atoms with Crippen LogP contribution in [0.3, 0.4) is 0 Å². The lowest BCUT2D eigenvalue weighted by Gasteiger charge is -2.09. The molecule has 0 atom stereocenters. The van der Waals surface area contributed by atoms with E-state index in [0.717, 1.165) is 15.2 Å². The Balaban J connectivity index is 2.65. The van der Waals surface area contributed by atoms with Crippen molar-refractivity contribution in [2.45, 2.75) is 25.7 Å². The number of nitrogens with zero attached hydrogens (tertiary/aromatic N) is 2. The largest absolute Gasteiger partial charge is 0.283 e. The normalized spacial score (nSPS) is 11.8. The summed E-state index contributed by atoms with van der Waals surface area (Å²) in [7, 11) is -3.64. The number of halogens is 1. The number of hydrogen-bond donors (Lipinski definition) is 0. The topological polar surface area (TPSA) is 52.0 Å². The first-order chi connectivity index (χ1) is 8.32. The maximum absolute atomic E-state index is 12.4. The van der Waals surface area contributed by atoms with Crippen LogP contribution in [0.2, 0.25) is 5.02 Å². The van der Waals surface area contributed by atoms with Crippen LogP contribution in [-0.2, 0) is 10.0 Å². The van der Waals surface area contributed by atoms with Gasteiger partial charge in [-0.05, 0) is 49.6 Å². The first kappa shape index (κ1) is 13.1. The molecule has 0 saturated heterocycles. The number of aromatic nitrogens is 2. The molecule has 0 saturated carbocycles. The van der Waals surface area contributed by atoms with Crippen molar-refractivity contribution in [2.75, 3.05) is 0 Å². The van der Waals surface area contributed by atoms with E-state index in [2.05, 4.69) is 5.10 Å². The van der Waals surface area contributed by atoms with Crippen LogP contribution >= 0.6 is 11.6 Å². The third-order valence-corrected chi connectivity index (χ3v) is 4.76. The highest BCUT2D eigenvalue weighted by Crippen LogP contribution is 2.25. The number of hydrogen-bond acceptors (Lipinski definition) is 3. The standard InChI is InChI=1S/C12H13ClN2O2S/c1-8-6-14-15(7-8)18(16,17)12-5-9(2)11(13)4-10(12)3/h4-7H,1-3H3. The molecule has 0 radical (unpaired) electrons. The number of aryl methyl sites for hydroxylation is 3. The van der Waals surface area contributed by atoms with E-state index >= 15 is 0 Å². The zero-order chi connectivity index (χ0) is 13.5. The quantitative estimate of drug-likeness (QED) is 0.852. The maximum atomic E-state index is 12.4. The lowest BCUT2D eigenvalue weighted by molar-refractivity contribution is 0.579. The molecule has 4 nitrogen and oxygen atoms in total. The fourth-order valence-electron chi connectivity index (χ4n) is 1.65. The molecule has 0 fully saturated rings. The molecule has 0 N–H and O–H groups in total. The molecule has 0 aliphatic rings. The van der Waals surface area contributed by atoms with Gasteiger partial charge in [-0.1, -0.05) is 11.6 Å². The van der Waals surface area contributed by atoms with Crippen LogP contribution in [0.25, 0.3) is 0 Å². The minimum atomic E-state index is -3.64. The molecular formula is C12H13ClN2O2S. The molecule has 96 valence electrons. The summed E-state index contributed by atoms with van der Waals surface area (Å²) in [6.45, 7) is 5.28. The molecule has 0 amide bonds. The van der Waals surface area contributed by atoms with Gasteiger partial charge in [-0.3, -0.25) is 0 Å². The second-order valence-corrected chi connectivity index (χ2v) is 6.43. The van der Waals surface area contributed by atoms with Crippen LogP contribution in [0, 0.1) is 20.8 Å². The van der Waals surface area contributed by atoms with E-state index < -0.39 is 10.0 Å². The van der Waals surface area contributed by atoms with Crippen molar-refractivity contribution in [3.63, 3.8) is 0 Å². The summed E-state index contributed by atoms with van der Waals surface area (Å²) in [5, 5.41) is 4.41. The van der Waals surface area contributed by atoms with Crippen LogP contribution in [0.4, 0.5) is 0 Å². The van der Waals surface area contributed by atoms with Gasteiger partial charge < -0.3 is 0 Å². The molecule has 2 aromatic rings. The molecule has 0 aliphatic heterocycles. The van der Waals surface area contributed by atoms with Crippen molar-refractivity contribution in [3.05, 3.63) is 46.2 Å². The van der Waals surface area contributed by atoms with Gasteiger partial charge in [-0.15, -0.1) is 0 Å². The Labute approximate surface area is 111 Å². The van der Waals surface area contributed by atoms with Crippen LogP contribution in [-0.4, -0.2) is 17.6 Å². The molecule has 2 rings (SSSR count). The van der Waals surface area contributed by atoms with Crippen molar-refractivity contribution < 1.29 is 8.42 Å². The van der Waals surface area contributed by atoms with E-state index in [1.54, 1.807) is 32.9 Å². The van der Waals surface area contributed by atoms with Crippen molar-refractivity contribution in [3.8, 4) is 0 Å². The third-order valence-electron chi connectivity index (χ3n) is 2.67. The second-order valence-electron chi connectivity index (χ2n) is 4.26. The minimum Gasteiger partial charge on any atom is -0.199 e. The molecule has 6 heteroatoms. The first-order valence-electron chi connectivity index (χ1n) is 5.36. The van der Waals surface area contributed by atoms with E-state index in [0.29, 0.717) is 10.6 Å². The number of rotatable bonds is 2. The smallest absolute Gasteiger partial charge is 0.199 e. The van der Waals surface area contributed by atoms with Gasteiger partial charge in [0.15, 0.2) is 0 Å². The summed E-state index contributed by atoms with van der Waals surface area (Å²) in [5.74, 6) is 0. The van der Waals surface area contributed by atoms with Gasteiger partial charge in [0.05, 0.1) is 11.1 Å². The molecule has 0 bridgehead atoms. The molecule has 1 aromatic carbocycles. The average molecular weight is 285 g/mol. The van der Waals surface area contributed by atoms with E-state index in [9.17, 15) is 8.42 Å². The summed E-state index contributed by atoms with van der Waals surface area (Å²) in [4.78, 5) is 0.229. The fraction of sp³-hybridized carbons (Fsp3) is 0.250. The van der Waals surface area contributed by atoms with Gasteiger partial charge in [0, 0.05) is 11.2 Å². The van der Waals surface area contributed by atoms with Crippen LogP contribution in [0.1, 0.15) is 16.7 Å². The number of benzene rings is 1. The van der Waals surface area contributed by atoms with Crippen LogP contribution < -0.4 is 0 Å². The summed E-state index contributed by atoms with van der Waals surface area (Å²) in [5.41, 5.74) is 2.13. The molecule has 18 heavy (non-hydrogen) atoms. The lowest BCUT2D eigenvalue weighted by atomic mass is 10.2. The van der Waals surface area contributed by atoms with Crippen LogP contribution in [0.5, 0.6) is 0 Å². The Kier molecular flexibility index (Phi) is 3.21. The van der Waals surface area contributed by atoms with E-state index in [1.807, 2.05) is 0 Å². The molecular weight excluding hydrogens is 272 g/mol. The summed E-state index contributed by atoms with van der Waals surface area (Å²) >= 11 is 5.97. The van der Waals surface area contributed by atoms with Gasteiger partial charge in [0.1, 0.15) is 0 Å². The van der Waals surface area contributed by atoms with E-state index in [1.165, 1.54) is 12.4 Å². The Morgan fingerprint density at radius 3 is 2.39 bits per heavy atom. The monoisotopic (exact) mass is 284 g/mol. The lowest BCUT2D eigenvalue weighted by Crippen LogP contribution is -2.15. The zero-order valence-electron chi connectivity index (χ0n) is 10.3. The Morgan fingerprint density at radius 1 is 1.17 bits per heavy atom. The molecule has 0 spiro atoms. The Hall–Kier alpha value is -1.33. The third kappa shape index (κ3) is 2.15. The van der Waals surface area contributed by atoms with E-state index in [4.69, 9.17) is 11.6 Å². The Bertz CT molecular complexity index is 705. The van der Waals surface area contributed by atoms with E-state index in [-0.39, 0.29) is 4.90 Å². The SMILES string of the molecule is Cc1cnn(S(=O)(=O)c2cc(C)c(Cl)cc2C)c1. The average Bonchev–Trinajstić information content (AvgIpc) is 2.70. The van der Waals surface area contributed by atoms with Gasteiger partial charge >= 0.3 is 0 Å². The molecule has 0 aliphatic carbocycles. The zero-order valence-corrected chi connectivity index (χ0v) is 11.9.